The monoisotopic (exact) mass is 318 g/mol. The van der Waals surface area contributed by atoms with Gasteiger partial charge in [-0.3, -0.25) is 0 Å². The summed E-state index contributed by atoms with van der Waals surface area (Å²) in [6.45, 7) is 4.37. The highest BCUT2D eigenvalue weighted by atomic mass is 16.5. The third-order valence-electron chi connectivity index (χ3n) is 3.80. The molecule has 0 atom stereocenters. The van der Waals surface area contributed by atoms with Gasteiger partial charge in [0.25, 0.3) is 0 Å². The first kappa shape index (κ1) is 17.5. The fourth-order valence-electron chi connectivity index (χ4n) is 2.53. The summed E-state index contributed by atoms with van der Waals surface area (Å²) in [7, 11) is 0. The number of esters is 1. The molecule has 2 rings (SSSR count). The van der Waals surface area contributed by atoms with E-state index in [2.05, 4.69) is 4.90 Å². The van der Waals surface area contributed by atoms with E-state index in [1.54, 1.807) is 0 Å². The summed E-state index contributed by atoms with van der Waals surface area (Å²) in [5.74, 6) is -0.439. The van der Waals surface area contributed by atoms with Crippen LogP contribution in [0.5, 0.6) is 0 Å². The summed E-state index contributed by atoms with van der Waals surface area (Å²) in [6.07, 6.45) is 5.17. The molecule has 1 saturated heterocycles. The molecule has 1 heterocycles. The summed E-state index contributed by atoms with van der Waals surface area (Å²) in [4.78, 5) is 14.1. The minimum Gasteiger partial charge on any atom is -0.458 e. The lowest BCUT2D eigenvalue weighted by Crippen LogP contribution is -2.32. The molecule has 2 N–H and O–H groups in total. The maximum absolute atomic E-state index is 11.7. The zero-order valence-corrected chi connectivity index (χ0v) is 13.6. The van der Waals surface area contributed by atoms with Crippen LogP contribution >= 0.6 is 0 Å². The van der Waals surface area contributed by atoms with Crippen LogP contribution in [0.2, 0.25) is 0 Å². The maximum atomic E-state index is 11.7. The van der Waals surface area contributed by atoms with Gasteiger partial charge < -0.3 is 20.1 Å². The predicted molar refractivity (Wildman–Crippen MR) is 89.6 cm³/mol. The Balaban J connectivity index is 1.59. The molecule has 0 aliphatic carbocycles. The fraction of sp³-hybridized carbons (Fsp3) is 0.500. The van der Waals surface area contributed by atoms with Crippen LogP contribution in [0.15, 0.2) is 42.1 Å². The third-order valence-corrected chi connectivity index (χ3v) is 3.80. The molecule has 0 unspecified atom stereocenters. The van der Waals surface area contributed by atoms with Gasteiger partial charge in [-0.05, 0) is 31.5 Å². The second kappa shape index (κ2) is 10.0. The molecular weight excluding hydrogens is 292 g/mol. The number of carbonyl (C=O) groups is 1. The number of nitrogens with two attached hydrogens (primary N) is 1. The number of rotatable bonds is 8. The van der Waals surface area contributed by atoms with Crippen molar-refractivity contribution in [1.82, 2.24) is 4.90 Å². The SMILES string of the molecule is NC(=CC(=O)OCc1ccccc1)COCCN1CCCCC1. The van der Waals surface area contributed by atoms with Crippen molar-refractivity contribution >= 4 is 5.97 Å². The molecule has 0 aromatic heterocycles. The third kappa shape index (κ3) is 7.30. The fourth-order valence-corrected chi connectivity index (χ4v) is 2.53. The molecule has 0 bridgehead atoms. The molecule has 1 aliphatic heterocycles. The second-order valence-corrected chi connectivity index (χ2v) is 5.77. The molecule has 0 amide bonds. The molecule has 5 nitrogen and oxygen atoms in total. The van der Waals surface area contributed by atoms with Crippen molar-refractivity contribution in [3.63, 3.8) is 0 Å². The molecule has 0 radical (unpaired) electrons. The van der Waals surface area contributed by atoms with E-state index in [0.717, 1.165) is 25.2 Å². The Morgan fingerprint density at radius 2 is 1.91 bits per heavy atom. The van der Waals surface area contributed by atoms with Crippen molar-refractivity contribution < 1.29 is 14.3 Å². The first-order chi connectivity index (χ1) is 11.2. The van der Waals surface area contributed by atoms with Gasteiger partial charge in [0.15, 0.2) is 0 Å². The van der Waals surface area contributed by atoms with E-state index < -0.39 is 5.97 Å². The lowest BCUT2D eigenvalue weighted by atomic mass is 10.1. The summed E-state index contributed by atoms with van der Waals surface area (Å²) >= 11 is 0. The Hall–Kier alpha value is -1.85. The lowest BCUT2D eigenvalue weighted by molar-refractivity contribution is -0.139. The van der Waals surface area contributed by atoms with Crippen LogP contribution in [0.25, 0.3) is 0 Å². The van der Waals surface area contributed by atoms with Gasteiger partial charge in [-0.1, -0.05) is 36.8 Å². The summed E-state index contributed by atoms with van der Waals surface area (Å²) in [6, 6.07) is 9.55. The Labute approximate surface area is 138 Å². The molecule has 1 aromatic carbocycles. The summed E-state index contributed by atoms with van der Waals surface area (Å²) in [5.41, 5.74) is 7.12. The van der Waals surface area contributed by atoms with Crippen LogP contribution < -0.4 is 5.73 Å². The Kier molecular flexibility index (Phi) is 7.63. The maximum Gasteiger partial charge on any atom is 0.332 e. The van der Waals surface area contributed by atoms with Gasteiger partial charge in [-0.15, -0.1) is 0 Å². The minimum absolute atomic E-state index is 0.249. The zero-order valence-electron chi connectivity index (χ0n) is 13.6. The molecular formula is C18H26N2O3. The molecule has 1 aliphatic rings. The van der Waals surface area contributed by atoms with Crippen molar-refractivity contribution in [3.8, 4) is 0 Å². The van der Waals surface area contributed by atoms with E-state index in [4.69, 9.17) is 15.2 Å². The van der Waals surface area contributed by atoms with Gasteiger partial charge in [0.2, 0.25) is 0 Å². The number of ether oxygens (including phenoxy) is 2. The van der Waals surface area contributed by atoms with Crippen molar-refractivity contribution in [2.75, 3.05) is 32.8 Å². The van der Waals surface area contributed by atoms with Crippen LogP contribution in [0.4, 0.5) is 0 Å². The largest absolute Gasteiger partial charge is 0.458 e. The number of hydrogen-bond acceptors (Lipinski definition) is 5. The van der Waals surface area contributed by atoms with Gasteiger partial charge in [0.05, 0.1) is 13.2 Å². The molecule has 23 heavy (non-hydrogen) atoms. The average Bonchev–Trinajstić information content (AvgIpc) is 2.59. The standard InChI is InChI=1S/C18H26N2O3/c19-17(15-22-12-11-20-9-5-2-6-10-20)13-18(21)23-14-16-7-3-1-4-8-16/h1,3-4,7-8,13H,2,5-6,9-12,14-15,19H2. The normalized spacial score (nSPS) is 16.3. The zero-order chi connectivity index (χ0) is 16.3. The van der Waals surface area contributed by atoms with Crippen molar-refractivity contribution in [1.29, 1.82) is 0 Å². The number of nitrogens with zero attached hydrogens (tertiary/aromatic N) is 1. The van der Waals surface area contributed by atoms with Gasteiger partial charge in [-0.25, -0.2) is 4.79 Å². The van der Waals surface area contributed by atoms with Gasteiger partial charge in [0, 0.05) is 18.3 Å². The highest BCUT2D eigenvalue weighted by molar-refractivity contribution is 5.82. The minimum atomic E-state index is -0.439. The predicted octanol–water partition coefficient (Wildman–Crippen LogP) is 2.07. The number of carbonyl (C=O) groups excluding carboxylic acids is 1. The lowest BCUT2D eigenvalue weighted by Gasteiger charge is -2.26. The molecule has 0 spiro atoms. The Bertz CT molecular complexity index is 496. The van der Waals surface area contributed by atoms with E-state index in [1.165, 1.54) is 25.3 Å². The first-order valence-corrected chi connectivity index (χ1v) is 8.21. The van der Waals surface area contributed by atoms with Crippen molar-refractivity contribution in [2.24, 2.45) is 5.73 Å². The van der Waals surface area contributed by atoms with Gasteiger partial charge in [-0.2, -0.15) is 0 Å². The number of likely N-dealkylation sites (tertiary alicyclic amines) is 1. The van der Waals surface area contributed by atoms with Crippen LogP contribution in [0, 0.1) is 0 Å². The number of piperidine rings is 1. The van der Waals surface area contributed by atoms with Crippen LogP contribution in [-0.2, 0) is 20.9 Å². The molecule has 0 saturated carbocycles. The number of benzene rings is 1. The Morgan fingerprint density at radius 3 is 2.65 bits per heavy atom. The topological polar surface area (TPSA) is 64.8 Å². The highest BCUT2D eigenvalue weighted by Crippen LogP contribution is 2.07. The van der Waals surface area contributed by atoms with Crippen LogP contribution in [0.3, 0.4) is 0 Å². The van der Waals surface area contributed by atoms with E-state index >= 15 is 0 Å². The smallest absolute Gasteiger partial charge is 0.332 e. The quantitative estimate of drug-likeness (QED) is 0.452. The summed E-state index contributed by atoms with van der Waals surface area (Å²) < 4.78 is 10.7. The van der Waals surface area contributed by atoms with E-state index in [9.17, 15) is 4.79 Å². The first-order valence-electron chi connectivity index (χ1n) is 8.21. The molecule has 1 fully saturated rings. The highest BCUT2D eigenvalue weighted by Gasteiger charge is 2.09. The molecule has 1 aromatic rings. The van der Waals surface area contributed by atoms with Crippen LogP contribution in [-0.4, -0.2) is 43.7 Å². The van der Waals surface area contributed by atoms with Crippen molar-refractivity contribution in [3.05, 3.63) is 47.7 Å². The summed E-state index contributed by atoms with van der Waals surface area (Å²) in [5, 5.41) is 0. The number of hydrogen-bond donors (Lipinski definition) is 1. The van der Waals surface area contributed by atoms with Gasteiger partial charge in [0.1, 0.15) is 6.61 Å². The van der Waals surface area contributed by atoms with Crippen molar-refractivity contribution in [2.45, 2.75) is 25.9 Å². The second-order valence-electron chi connectivity index (χ2n) is 5.77. The average molecular weight is 318 g/mol. The molecule has 5 heteroatoms. The van der Waals surface area contributed by atoms with E-state index in [0.29, 0.717) is 12.3 Å². The van der Waals surface area contributed by atoms with E-state index in [-0.39, 0.29) is 13.2 Å². The van der Waals surface area contributed by atoms with E-state index in [1.807, 2.05) is 30.3 Å². The Morgan fingerprint density at radius 1 is 1.17 bits per heavy atom. The van der Waals surface area contributed by atoms with Gasteiger partial charge >= 0.3 is 5.97 Å². The van der Waals surface area contributed by atoms with Crippen LogP contribution in [0.1, 0.15) is 24.8 Å². The molecule has 126 valence electrons.